The van der Waals surface area contributed by atoms with Gasteiger partial charge in [-0.15, -0.1) is 0 Å². The first-order valence-electron chi connectivity index (χ1n) is 5.39. The van der Waals surface area contributed by atoms with Crippen molar-refractivity contribution in [2.45, 2.75) is 12.5 Å². The first kappa shape index (κ1) is 11.9. The number of hydrogen-bond donors (Lipinski definition) is 1. The van der Waals surface area contributed by atoms with E-state index in [1.54, 1.807) is 0 Å². The monoisotopic (exact) mass is 203 g/mol. The molecule has 0 bridgehead atoms. The lowest BCUT2D eigenvalue weighted by Crippen LogP contribution is -2.53. The summed E-state index contributed by atoms with van der Waals surface area (Å²) < 4.78 is 11.8. The van der Waals surface area contributed by atoms with Gasteiger partial charge in [0.1, 0.15) is 0 Å². The van der Waals surface area contributed by atoms with Crippen LogP contribution < -0.4 is 5.32 Å². The Kier molecular flexibility index (Phi) is 5.37. The lowest BCUT2D eigenvalue weighted by Gasteiger charge is -2.37. The van der Waals surface area contributed by atoms with Gasteiger partial charge in [-0.05, 0) is 27.1 Å². The zero-order valence-corrected chi connectivity index (χ0v) is 9.30. The number of nitrogens with zero attached hydrogens (tertiary/aromatic N) is 2. The maximum absolute atomic E-state index is 11.8. The normalized spacial score (nSPS) is 25.5. The molecule has 1 saturated heterocycles. The molecule has 84 valence electrons. The summed E-state index contributed by atoms with van der Waals surface area (Å²) in [6, 6.07) is 0.577. The molecule has 0 spiro atoms. The van der Waals surface area contributed by atoms with Crippen LogP contribution in [0.1, 0.15) is 6.42 Å². The maximum Gasteiger partial charge on any atom is 0.0906 e. The number of rotatable bonds is 5. The van der Waals surface area contributed by atoms with Crippen LogP contribution in [0.3, 0.4) is 0 Å². The number of nitrogens with one attached hydrogen (secondary N) is 1. The van der Waals surface area contributed by atoms with Crippen LogP contribution in [0.4, 0.5) is 4.39 Å². The molecule has 0 saturated carbocycles. The number of likely N-dealkylation sites (N-methyl/N-ethyl adjacent to an activating group) is 2. The molecule has 1 atom stereocenters. The van der Waals surface area contributed by atoms with E-state index in [-0.39, 0.29) is 6.67 Å². The molecule has 1 N–H and O–H groups in total. The van der Waals surface area contributed by atoms with Gasteiger partial charge in [-0.25, -0.2) is 0 Å². The Bertz CT molecular complexity index is 154. The highest BCUT2D eigenvalue weighted by Crippen LogP contribution is 2.04. The molecular weight excluding hydrogens is 181 g/mol. The molecular formula is C10H22FN3. The van der Waals surface area contributed by atoms with Crippen molar-refractivity contribution in [3.63, 3.8) is 0 Å². The molecule has 1 aliphatic heterocycles. The Labute approximate surface area is 86.3 Å². The van der Waals surface area contributed by atoms with E-state index in [1.165, 1.54) is 0 Å². The van der Waals surface area contributed by atoms with Gasteiger partial charge >= 0.3 is 0 Å². The van der Waals surface area contributed by atoms with Gasteiger partial charge in [0, 0.05) is 32.2 Å². The van der Waals surface area contributed by atoms with Crippen molar-refractivity contribution < 1.29 is 4.39 Å². The zero-order valence-electron chi connectivity index (χ0n) is 9.30. The van der Waals surface area contributed by atoms with Gasteiger partial charge in [0.15, 0.2) is 0 Å². The Morgan fingerprint density at radius 2 is 2.14 bits per heavy atom. The molecule has 4 heteroatoms. The SMILES string of the molecule is CN1CCN(C)C(CNCCCF)C1. The van der Waals surface area contributed by atoms with E-state index in [1.807, 2.05) is 0 Å². The third-order valence-corrected chi connectivity index (χ3v) is 2.85. The van der Waals surface area contributed by atoms with Crippen molar-refractivity contribution >= 4 is 0 Å². The fourth-order valence-corrected chi connectivity index (χ4v) is 1.78. The van der Waals surface area contributed by atoms with Crippen molar-refractivity contribution in [1.82, 2.24) is 15.1 Å². The van der Waals surface area contributed by atoms with E-state index in [9.17, 15) is 4.39 Å². The third-order valence-electron chi connectivity index (χ3n) is 2.85. The van der Waals surface area contributed by atoms with E-state index < -0.39 is 0 Å². The molecule has 0 aromatic carbocycles. The quantitative estimate of drug-likeness (QED) is 0.643. The number of piperazine rings is 1. The molecule has 0 aliphatic carbocycles. The van der Waals surface area contributed by atoms with Gasteiger partial charge in [-0.2, -0.15) is 0 Å². The summed E-state index contributed by atoms with van der Waals surface area (Å²) in [5.74, 6) is 0. The fourth-order valence-electron chi connectivity index (χ4n) is 1.78. The van der Waals surface area contributed by atoms with E-state index in [0.29, 0.717) is 12.5 Å². The van der Waals surface area contributed by atoms with Crippen LogP contribution in [0.5, 0.6) is 0 Å². The second-order valence-corrected chi connectivity index (χ2v) is 4.14. The van der Waals surface area contributed by atoms with Crippen LogP contribution >= 0.6 is 0 Å². The van der Waals surface area contributed by atoms with Crippen molar-refractivity contribution in [3.8, 4) is 0 Å². The Morgan fingerprint density at radius 3 is 2.86 bits per heavy atom. The molecule has 0 radical (unpaired) electrons. The second kappa shape index (κ2) is 6.32. The predicted octanol–water partition coefficient (Wildman–Crippen LogP) is 0.181. The summed E-state index contributed by atoms with van der Waals surface area (Å²) in [5, 5.41) is 3.30. The Morgan fingerprint density at radius 1 is 1.36 bits per heavy atom. The van der Waals surface area contributed by atoms with E-state index in [0.717, 1.165) is 32.7 Å². The highest BCUT2D eigenvalue weighted by atomic mass is 19.1. The predicted molar refractivity (Wildman–Crippen MR) is 57.4 cm³/mol. The number of alkyl halides is 1. The van der Waals surface area contributed by atoms with Crippen LogP contribution in [0.25, 0.3) is 0 Å². The Hall–Kier alpha value is -0.190. The summed E-state index contributed by atoms with van der Waals surface area (Å²) >= 11 is 0. The fraction of sp³-hybridized carbons (Fsp3) is 1.00. The lowest BCUT2D eigenvalue weighted by molar-refractivity contribution is 0.113. The van der Waals surface area contributed by atoms with Crippen LogP contribution in [-0.2, 0) is 0 Å². The number of halogens is 1. The molecule has 3 nitrogen and oxygen atoms in total. The lowest BCUT2D eigenvalue weighted by atomic mass is 10.2. The van der Waals surface area contributed by atoms with Crippen LogP contribution in [0, 0.1) is 0 Å². The minimum absolute atomic E-state index is 0.215. The molecule has 0 aromatic rings. The van der Waals surface area contributed by atoms with Crippen molar-refractivity contribution in [1.29, 1.82) is 0 Å². The molecule has 1 rings (SSSR count). The summed E-state index contributed by atoms with van der Waals surface area (Å²) in [6.45, 7) is 4.95. The molecule has 1 unspecified atom stereocenters. The maximum atomic E-state index is 11.8. The summed E-state index contributed by atoms with van der Waals surface area (Å²) in [4.78, 5) is 4.73. The van der Waals surface area contributed by atoms with Crippen LogP contribution in [0.15, 0.2) is 0 Å². The summed E-state index contributed by atoms with van der Waals surface area (Å²) in [5.41, 5.74) is 0. The topological polar surface area (TPSA) is 18.5 Å². The van der Waals surface area contributed by atoms with Gasteiger partial charge in [-0.1, -0.05) is 0 Å². The van der Waals surface area contributed by atoms with Gasteiger partial charge < -0.3 is 10.2 Å². The first-order chi connectivity index (χ1) is 6.74. The minimum atomic E-state index is -0.215. The average molecular weight is 203 g/mol. The molecule has 1 fully saturated rings. The van der Waals surface area contributed by atoms with Gasteiger partial charge in [0.25, 0.3) is 0 Å². The summed E-state index contributed by atoms with van der Waals surface area (Å²) in [7, 11) is 4.32. The standard InChI is InChI=1S/C10H22FN3/c1-13-6-7-14(2)10(9-13)8-12-5-3-4-11/h10,12H,3-9H2,1-2H3. The largest absolute Gasteiger partial charge is 0.315 e. The van der Waals surface area contributed by atoms with Crippen molar-refractivity contribution in [2.75, 3.05) is 53.5 Å². The average Bonchev–Trinajstić information content (AvgIpc) is 2.18. The van der Waals surface area contributed by atoms with Gasteiger partial charge in [0.2, 0.25) is 0 Å². The number of hydrogen-bond acceptors (Lipinski definition) is 3. The van der Waals surface area contributed by atoms with E-state index >= 15 is 0 Å². The van der Waals surface area contributed by atoms with Crippen LogP contribution in [-0.4, -0.2) is 69.3 Å². The van der Waals surface area contributed by atoms with E-state index in [2.05, 4.69) is 29.2 Å². The highest BCUT2D eigenvalue weighted by Gasteiger charge is 2.21. The zero-order chi connectivity index (χ0) is 10.4. The summed E-state index contributed by atoms with van der Waals surface area (Å²) in [6.07, 6.45) is 0.631. The van der Waals surface area contributed by atoms with Crippen LogP contribution in [0.2, 0.25) is 0 Å². The Balaban J connectivity index is 2.14. The van der Waals surface area contributed by atoms with Gasteiger partial charge in [0.05, 0.1) is 6.67 Å². The first-order valence-corrected chi connectivity index (χ1v) is 5.39. The van der Waals surface area contributed by atoms with Crippen molar-refractivity contribution in [3.05, 3.63) is 0 Å². The second-order valence-electron chi connectivity index (χ2n) is 4.14. The van der Waals surface area contributed by atoms with Crippen molar-refractivity contribution in [2.24, 2.45) is 0 Å². The molecule has 0 aromatic heterocycles. The highest BCUT2D eigenvalue weighted by molar-refractivity contribution is 4.79. The minimum Gasteiger partial charge on any atom is -0.315 e. The van der Waals surface area contributed by atoms with E-state index in [4.69, 9.17) is 0 Å². The molecule has 1 heterocycles. The van der Waals surface area contributed by atoms with Gasteiger partial charge in [-0.3, -0.25) is 9.29 Å². The molecule has 1 aliphatic rings. The molecule has 0 amide bonds. The third kappa shape index (κ3) is 3.90. The smallest absolute Gasteiger partial charge is 0.0906 e. The molecule has 14 heavy (non-hydrogen) atoms.